The average molecular weight is 474 g/mol. The van der Waals surface area contributed by atoms with Gasteiger partial charge >= 0.3 is 5.97 Å². The van der Waals surface area contributed by atoms with E-state index >= 15 is 0 Å². The van der Waals surface area contributed by atoms with Crippen LogP contribution in [0.3, 0.4) is 0 Å². The van der Waals surface area contributed by atoms with Gasteiger partial charge in [0.2, 0.25) is 0 Å². The monoisotopic (exact) mass is 473 g/mol. The largest absolute Gasteiger partial charge is 0.490 e. The molecule has 1 aromatic carbocycles. The predicted molar refractivity (Wildman–Crippen MR) is 129 cm³/mol. The van der Waals surface area contributed by atoms with Crippen molar-refractivity contribution >= 4 is 27.5 Å². The van der Waals surface area contributed by atoms with Gasteiger partial charge in [-0.2, -0.15) is 0 Å². The van der Waals surface area contributed by atoms with Gasteiger partial charge < -0.3 is 19.5 Å². The summed E-state index contributed by atoms with van der Waals surface area (Å²) in [5.74, 6) is 0.791. The zero-order chi connectivity index (χ0) is 24.3. The van der Waals surface area contributed by atoms with Crippen LogP contribution in [0, 0.1) is 20.8 Å². The molecule has 8 nitrogen and oxygen atoms in total. The van der Waals surface area contributed by atoms with Crippen molar-refractivity contribution in [2.75, 3.05) is 27.3 Å². The molecular formula is C24H31N3O5S. The lowest BCUT2D eigenvalue weighted by atomic mass is 10.1. The van der Waals surface area contributed by atoms with Gasteiger partial charge in [-0.25, -0.2) is 9.78 Å². The van der Waals surface area contributed by atoms with Gasteiger partial charge in [-0.1, -0.05) is 18.2 Å². The van der Waals surface area contributed by atoms with Gasteiger partial charge in [-0.15, -0.1) is 11.3 Å². The summed E-state index contributed by atoms with van der Waals surface area (Å²) >= 11 is 1.16. The number of aryl methyl sites for hydroxylation is 3. The molecule has 0 aliphatic rings. The van der Waals surface area contributed by atoms with Crippen LogP contribution in [0.1, 0.15) is 39.1 Å². The number of benzene rings is 1. The molecule has 0 aliphatic carbocycles. The number of hydrogen-bond acceptors (Lipinski definition) is 8. The van der Waals surface area contributed by atoms with Crippen LogP contribution >= 0.6 is 11.3 Å². The van der Waals surface area contributed by atoms with Gasteiger partial charge in [0.05, 0.1) is 25.1 Å². The number of thiophene rings is 1. The fraction of sp³-hybridized carbons (Fsp3) is 0.458. The number of para-hydroxylation sites is 1. The molecule has 1 N–H and O–H groups in total. The second kappa shape index (κ2) is 10.5. The van der Waals surface area contributed by atoms with E-state index in [-0.39, 0.29) is 25.3 Å². The van der Waals surface area contributed by atoms with Crippen molar-refractivity contribution < 1.29 is 19.4 Å². The number of fused-ring (bicyclic) bond motifs is 1. The summed E-state index contributed by atoms with van der Waals surface area (Å²) in [7, 11) is 3.76. The van der Waals surface area contributed by atoms with Crippen LogP contribution in [0.5, 0.6) is 5.75 Å². The number of aliphatic hydroxyl groups is 1. The molecule has 0 amide bonds. The van der Waals surface area contributed by atoms with E-state index in [0.717, 1.165) is 28.2 Å². The Labute approximate surface area is 197 Å². The van der Waals surface area contributed by atoms with Gasteiger partial charge in [0, 0.05) is 0 Å². The van der Waals surface area contributed by atoms with Crippen molar-refractivity contribution in [3.8, 4) is 5.75 Å². The first-order valence-corrected chi connectivity index (χ1v) is 11.7. The minimum Gasteiger partial charge on any atom is -0.490 e. The van der Waals surface area contributed by atoms with Gasteiger partial charge in [0.25, 0.3) is 5.56 Å². The topological polar surface area (TPSA) is 93.9 Å². The van der Waals surface area contributed by atoms with Crippen molar-refractivity contribution in [1.29, 1.82) is 0 Å². The van der Waals surface area contributed by atoms with Crippen molar-refractivity contribution in [2.45, 2.75) is 46.9 Å². The molecule has 0 unspecified atom stereocenters. The van der Waals surface area contributed by atoms with E-state index < -0.39 is 12.1 Å². The van der Waals surface area contributed by atoms with E-state index in [9.17, 15) is 14.7 Å². The minimum atomic E-state index is -0.926. The first-order valence-electron chi connectivity index (χ1n) is 10.9. The molecule has 0 saturated heterocycles. The molecule has 3 aromatic rings. The predicted octanol–water partition coefficient (Wildman–Crippen LogP) is 3.06. The lowest BCUT2D eigenvalue weighted by molar-refractivity contribution is 0.0531. The molecule has 0 bridgehead atoms. The Morgan fingerprint density at radius 3 is 2.52 bits per heavy atom. The average Bonchev–Trinajstić information content (AvgIpc) is 3.06. The molecule has 0 aliphatic heterocycles. The second-order valence-corrected chi connectivity index (χ2v) is 9.32. The van der Waals surface area contributed by atoms with Gasteiger partial charge in [-0.05, 0) is 58.5 Å². The molecule has 33 heavy (non-hydrogen) atoms. The van der Waals surface area contributed by atoms with Gasteiger partial charge in [0.15, 0.2) is 0 Å². The maximum absolute atomic E-state index is 13.5. The van der Waals surface area contributed by atoms with Crippen molar-refractivity contribution in [3.63, 3.8) is 0 Å². The van der Waals surface area contributed by atoms with Crippen LogP contribution in [0.4, 0.5) is 0 Å². The molecule has 0 radical (unpaired) electrons. The number of carbonyl (C=O) groups excluding carboxylic acids is 1. The Morgan fingerprint density at radius 2 is 1.91 bits per heavy atom. The van der Waals surface area contributed by atoms with Crippen LogP contribution in [-0.2, 0) is 17.8 Å². The molecule has 2 heterocycles. The van der Waals surface area contributed by atoms with Crippen LogP contribution < -0.4 is 10.3 Å². The van der Waals surface area contributed by atoms with E-state index in [1.54, 1.807) is 13.8 Å². The first-order chi connectivity index (χ1) is 15.6. The fourth-order valence-electron chi connectivity index (χ4n) is 3.71. The second-order valence-electron chi connectivity index (χ2n) is 8.32. The Kier molecular flexibility index (Phi) is 7.88. The normalized spacial score (nSPS) is 12.4. The Bertz CT molecular complexity index is 1190. The maximum Gasteiger partial charge on any atom is 0.348 e. The summed E-state index contributed by atoms with van der Waals surface area (Å²) in [6.45, 7) is 8.09. The zero-order valence-corrected chi connectivity index (χ0v) is 20.8. The SMILES string of the molecule is CCOC(=O)c1sc2nc(CN(C)C)n(C[C@@H](O)COc3c(C)cccc3C)c(=O)c2c1C. The first kappa shape index (κ1) is 24.9. The molecule has 0 spiro atoms. The van der Waals surface area contributed by atoms with E-state index in [2.05, 4.69) is 4.98 Å². The fourth-order valence-corrected chi connectivity index (χ4v) is 4.80. The highest BCUT2D eigenvalue weighted by atomic mass is 32.1. The standard InChI is InChI=1S/C24H31N3O5S/c1-7-31-24(30)21-16(4)19-22(33-21)25-18(12-26(5)6)27(23(19)29)11-17(28)13-32-20-14(2)9-8-10-15(20)3/h8-10,17,28H,7,11-13H2,1-6H3/t17-/m1/s1. The van der Waals surface area contributed by atoms with E-state index in [1.807, 2.05) is 51.0 Å². The third kappa shape index (κ3) is 5.43. The van der Waals surface area contributed by atoms with Gasteiger partial charge in [-0.3, -0.25) is 9.36 Å². The smallest absolute Gasteiger partial charge is 0.348 e. The summed E-state index contributed by atoms with van der Waals surface area (Å²) in [6.07, 6.45) is -0.926. The zero-order valence-electron chi connectivity index (χ0n) is 20.0. The number of carbonyl (C=O) groups is 1. The molecule has 9 heteroatoms. The lowest BCUT2D eigenvalue weighted by Crippen LogP contribution is -2.34. The van der Waals surface area contributed by atoms with Crippen LogP contribution in [0.25, 0.3) is 10.2 Å². The van der Waals surface area contributed by atoms with E-state index in [0.29, 0.717) is 33.0 Å². The molecule has 0 saturated carbocycles. The highest BCUT2D eigenvalue weighted by Gasteiger charge is 2.23. The van der Waals surface area contributed by atoms with Crippen molar-refractivity contribution in [1.82, 2.24) is 14.5 Å². The highest BCUT2D eigenvalue weighted by Crippen LogP contribution is 2.28. The molecular weight excluding hydrogens is 442 g/mol. The maximum atomic E-state index is 13.5. The molecule has 0 fully saturated rings. The number of hydrogen-bond donors (Lipinski definition) is 1. The van der Waals surface area contributed by atoms with Crippen molar-refractivity contribution in [2.24, 2.45) is 0 Å². The number of aliphatic hydroxyl groups excluding tert-OH is 1. The molecule has 3 rings (SSSR count). The summed E-state index contributed by atoms with van der Waals surface area (Å²) in [4.78, 5) is 33.3. The number of rotatable bonds is 9. The van der Waals surface area contributed by atoms with E-state index in [1.165, 1.54) is 4.57 Å². The van der Waals surface area contributed by atoms with Crippen molar-refractivity contribution in [3.05, 3.63) is 55.9 Å². The summed E-state index contributed by atoms with van der Waals surface area (Å²) in [5.41, 5.74) is 2.23. The molecule has 2 aromatic heterocycles. The van der Waals surface area contributed by atoms with E-state index in [4.69, 9.17) is 9.47 Å². The Balaban J connectivity index is 1.96. The number of aromatic nitrogens is 2. The number of ether oxygens (including phenoxy) is 2. The highest BCUT2D eigenvalue weighted by molar-refractivity contribution is 7.20. The lowest BCUT2D eigenvalue weighted by Gasteiger charge is -2.20. The summed E-state index contributed by atoms with van der Waals surface area (Å²) in [5, 5.41) is 11.1. The van der Waals surface area contributed by atoms with Crippen LogP contribution in [-0.4, -0.2) is 58.9 Å². The third-order valence-electron chi connectivity index (χ3n) is 5.27. The summed E-state index contributed by atoms with van der Waals surface area (Å²) < 4.78 is 12.5. The third-order valence-corrected chi connectivity index (χ3v) is 6.44. The summed E-state index contributed by atoms with van der Waals surface area (Å²) in [6, 6.07) is 5.86. The Morgan fingerprint density at radius 1 is 1.24 bits per heavy atom. The number of nitrogens with zero attached hydrogens (tertiary/aromatic N) is 3. The quantitative estimate of drug-likeness (QED) is 0.477. The van der Waals surface area contributed by atoms with Crippen LogP contribution in [0.15, 0.2) is 23.0 Å². The number of esters is 1. The molecule has 178 valence electrons. The van der Waals surface area contributed by atoms with Crippen LogP contribution in [0.2, 0.25) is 0 Å². The Hall–Kier alpha value is -2.75. The minimum absolute atomic E-state index is 0.0277. The molecule has 1 atom stereocenters. The van der Waals surface area contributed by atoms with Gasteiger partial charge in [0.1, 0.15) is 34.0 Å².